The Labute approximate surface area is 141 Å². The van der Waals surface area contributed by atoms with Gasteiger partial charge in [-0.05, 0) is 5.92 Å². The Morgan fingerprint density at radius 1 is 1.38 bits per heavy atom. The van der Waals surface area contributed by atoms with Crippen molar-refractivity contribution in [3.8, 4) is 0 Å². The Bertz CT molecular complexity index is 611. The molecule has 8 heteroatoms. The molecule has 0 spiro atoms. The van der Waals surface area contributed by atoms with E-state index in [4.69, 9.17) is 4.74 Å². The van der Waals surface area contributed by atoms with Gasteiger partial charge in [0.25, 0.3) is 0 Å². The zero-order valence-electron chi connectivity index (χ0n) is 14.2. The van der Waals surface area contributed by atoms with Crippen LogP contribution in [0.1, 0.15) is 29.8 Å². The first-order chi connectivity index (χ1) is 11.6. The quantitative estimate of drug-likeness (QED) is 0.845. The highest BCUT2D eigenvalue weighted by atomic mass is 16.5. The number of carbonyl (C=O) groups excluding carboxylic acids is 2. The number of hydrogen-bond acceptors (Lipinski definition) is 5. The van der Waals surface area contributed by atoms with Crippen LogP contribution in [0.5, 0.6) is 0 Å². The molecule has 1 aromatic rings. The fraction of sp³-hybridized carbons (Fsp3) is 0.688. The van der Waals surface area contributed by atoms with Crippen LogP contribution in [0.15, 0.2) is 6.07 Å². The summed E-state index contributed by atoms with van der Waals surface area (Å²) >= 11 is 0. The predicted molar refractivity (Wildman–Crippen MR) is 86.8 cm³/mol. The monoisotopic (exact) mass is 336 g/mol. The molecule has 1 unspecified atom stereocenters. The highest BCUT2D eigenvalue weighted by Crippen LogP contribution is 2.34. The van der Waals surface area contributed by atoms with E-state index in [-0.39, 0.29) is 6.03 Å². The van der Waals surface area contributed by atoms with E-state index in [1.807, 2.05) is 0 Å². The van der Waals surface area contributed by atoms with Gasteiger partial charge < -0.3 is 14.4 Å². The van der Waals surface area contributed by atoms with Gasteiger partial charge in [-0.1, -0.05) is 19.3 Å². The van der Waals surface area contributed by atoms with Crippen molar-refractivity contribution < 1.29 is 19.1 Å². The van der Waals surface area contributed by atoms with Gasteiger partial charge in [0.2, 0.25) is 0 Å². The molecule has 1 N–H and O–H groups in total. The molecule has 0 bridgehead atoms. The van der Waals surface area contributed by atoms with Crippen LogP contribution in [0, 0.1) is 11.8 Å². The molecule has 8 nitrogen and oxygen atoms in total. The van der Waals surface area contributed by atoms with Gasteiger partial charge in [0, 0.05) is 32.1 Å². The van der Waals surface area contributed by atoms with Crippen molar-refractivity contribution in [3.05, 3.63) is 11.8 Å². The molecule has 1 atom stereocenters. The largest absolute Gasteiger partial charge is 0.464 e. The molecule has 1 saturated carbocycles. The maximum atomic E-state index is 12.5. The number of carbonyl (C=O) groups is 2. The van der Waals surface area contributed by atoms with Gasteiger partial charge >= 0.3 is 12.0 Å². The molecule has 1 saturated heterocycles. The lowest BCUT2D eigenvalue weighted by Gasteiger charge is -2.34. The van der Waals surface area contributed by atoms with Crippen LogP contribution in [0.25, 0.3) is 0 Å². The topological polar surface area (TPSA) is 85.7 Å². The molecular formula is C16H24N4O4. The number of esters is 1. The third kappa shape index (κ3) is 3.53. The highest BCUT2D eigenvalue weighted by molar-refractivity contribution is 5.92. The smallest absolute Gasteiger partial charge is 0.356 e. The SMILES string of the molecule is COC(=O)c1cc(NC(=O)N2CCOCC(C3CCC3)C2)nn1C. The number of nitrogens with one attached hydrogen (secondary N) is 1. The number of nitrogens with zero attached hydrogens (tertiary/aromatic N) is 3. The van der Waals surface area contributed by atoms with E-state index < -0.39 is 5.97 Å². The minimum Gasteiger partial charge on any atom is -0.464 e. The lowest BCUT2D eigenvalue weighted by Crippen LogP contribution is -2.41. The van der Waals surface area contributed by atoms with Gasteiger partial charge in [0.15, 0.2) is 5.82 Å². The predicted octanol–water partition coefficient (Wildman–Crippen LogP) is 1.49. The number of hydrogen-bond donors (Lipinski definition) is 1. The normalized spacial score (nSPS) is 21.8. The third-order valence-corrected chi connectivity index (χ3v) is 4.91. The lowest BCUT2D eigenvalue weighted by atomic mass is 9.76. The van der Waals surface area contributed by atoms with Crippen LogP contribution in [-0.2, 0) is 16.5 Å². The molecule has 1 aliphatic heterocycles. The number of amides is 2. The van der Waals surface area contributed by atoms with Crippen molar-refractivity contribution in [1.82, 2.24) is 14.7 Å². The van der Waals surface area contributed by atoms with E-state index in [1.165, 1.54) is 37.1 Å². The van der Waals surface area contributed by atoms with E-state index in [2.05, 4.69) is 15.2 Å². The second-order valence-corrected chi connectivity index (χ2v) is 6.43. The summed E-state index contributed by atoms with van der Waals surface area (Å²) < 4.78 is 11.7. The maximum absolute atomic E-state index is 12.5. The summed E-state index contributed by atoms with van der Waals surface area (Å²) in [4.78, 5) is 25.9. The Hall–Kier alpha value is -2.09. The van der Waals surface area contributed by atoms with Crippen LogP contribution >= 0.6 is 0 Å². The lowest BCUT2D eigenvalue weighted by molar-refractivity contribution is 0.0588. The van der Waals surface area contributed by atoms with Crippen LogP contribution in [-0.4, -0.2) is 60.1 Å². The standard InChI is InChI=1S/C16H24N4O4/c1-19-13(15(21)23-2)8-14(18-19)17-16(22)20-6-7-24-10-12(9-20)11-4-3-5-11/h8,11-12H,3-7,9-10H2,1-2H3,(H,17,18,22). The fourth-order valence-corrected chi connectivity index (χ4v) is 3.23. The number of urea groups is 1. The van der Waals surface area contributed by atoms with Crippen molar-refractivity contribution in [1.29, 1.82) is 0 Å². The van der Waals surface area contributed by atoms with Gasteiger partial charge in [-0.2, -0.15) is 5.10 Å². The van der Waals surface area contributed by atoms with Gasteiger partial charge in [-0.3, -0.25) is 10.00 Å². The average molecular weight is 336 g/mol. The second kappa shape index (κ2) is 7.21. The maximum Gasteiger partial charge on any atom is 0.356 e. The van der Waals surface area contributed by atoms with E-state index in [0.717, 1.165) is 6.61 Å². The number of aryl methyl sites for hydroxylation is 1. The van der Waals surface area contributed by atoms with E-state index in [0.29, 0.717) is 43.0 Å². The highest BCUT2D eigenvalue weighted by Gasteiger charge is 2.32. The summed E-state index contributed by atoms with van der Waals surface area (Å²) in [5, 5.41) is 6.91. The zero-order chi connectivity index (χ0) is 17.1. The van der Waals surface area contributed by atoms with Crippen LogP contribution < -0.4 is 5.32 Å². The first-order valence-electron chi connectivity index (χ1n) is 8.34. The van der Waals surface area contributed by atoms with Crippen molar-refractivity contribution in [2.24, 2.45) is 18.9 Å². The Morgan fingerprint density at radius 3 is 2.83 bits per heavy atom. The van der Waals surface area contributed by atoms with E-state index in [9.17, 15) is 9.59 Å². The zero-order valence-corrected chi connectivity index (χ0v) is 14.2. The molecule has 2 heterocycles. The fourth-order valence-electron chi connectivity index (χ4n) is 3.23. The Kier molecular flexibility index (Phi) is 5.03. The van der Waals surface area contributed by atoms with Gasteiger partial charge in [0.1, 0.15) is 5.69 Å². The minimum atomic E-state index is -0.487. The summed E-state index contributed by atoms with van der Waals surface area (Å²) in [5.74, 6) is 0.924. The molecule has 132 valence electrons. The van der Waals surface area contributed by atoms with Gasteiger partial charge in [-0.25, -0.2) is 9.59 Å². The van der Waals surface area contributed by atoms with Crippen LogP contribution in [0.2, 0.25) is 0 Å². The van der Waals surface area contributed by atoms with Crippen LogP contribution in [0.4, 0.5) is 10.6 Å². The molecule has 3 rings (SSSR count). The first-order valence-corrected chi connectivity index (χ1v) is 8.34. The van der Waals surface area contributed by atoms with Crippen molar-refractivity contribution in [3.63, 3.8) is 0 Å². The minimum absolute atomic E-state index is 0.209. The summed E-state index contributed by atoms with van der Waals surface area (Å²) in [7, 11) is 2.94. The molecule has 1 aromatic heterocycles. The summed E-state index contributed by atoms with van der Waals surface area (Å²) in [6.07, 6.45) is 3.73. The number of ether oxygens (including phenoxy) is 2. The van der Waals surface area contributed by atoms with Crippen molar-refractivity contribution >= 4 is 17.8 Å². The molecular weight excluding hydrogens is 312 g/mol. The van der Waals surface area contributed by atoms with E-state index >= 15 is 0 Å². The Morgan fingerprint density at radius 2 is 2.17 bits per heavy atom. The molecule has 2 fully saturated rings. The summed E-state index contributed by atoms with van der Waals surface area (Å²) in [5.41, 5.74) is 0.291. The number of aromatic nitrogens is 2. The van der Waals surface area contributed by atoms with Crippen molar-refractivity contribution in [2.45, 2.75) is 19.3 Å². The molecule has 24 heavy (non-hydrogen) atoms. The molecule has 0 aromatic carbocycles. The molecule has 2 amide bonds. The first kappa shape index (κ1) is 16.8. The average Bonchev–Trinajstić information content (AvgIpc) is 2.72. The Balaban J connectivity index is 1.64. The number of rotatable bonds is 3. The van der Waals surface area contributed by atoms with Crippen molar-refractivity contribution in [2.75, 3.05) is 38.7 Å². The summed E-state index contributed by atoms with van der Waals surface area (Å²) in [6, 6.07) is 1.31. The van der Waals surface area contributed by atoms with Crippen LogP contribution in [0.3, 0.4) is 0 Å². The molecule has 1 aliphatic carbocycles. The third-order valence-electron chi connectivity index (χ3n) is 4.91. The van der Waals surface area contributed by atoms with Gasteiger partial charge in [0.05, 0.1) is 20.3 Å². The van der Waals surface area contributed by atoms with E-state index in [1.54, 1.807) is 11.9 Å². The molecule has 2 aliphatic rings. The number of methoxy groups -OCH3 is 1. The number of anilines is 1. The molecule has 0 radical (unpaired) electrons. The second-order valence-electron chi connectivity index (χ2n) is 6.43. The summed E-state index contributed by atoms with van der Waals surface area (Å²) in [6.45, 7) is 2.54. The van der Waals surface area contributed by atoms with Gasteiger partial charge in [-0.15, -0.1) is 0 Å².